The van der Waals surface area contributed by atoms with Gasteiger partial charge in [0.1, 0.15) is 5.82 Å². The Morgan fingerprint density at radius 1 is 0.846 bits per heavy atom. The van der Waals surface area contributed by atoms with E-state index in [2.05, 4.69) is 10.5 Å². The molecule has 0 bridgehead atoms. The van der Waals surface area contributed by atoms with Crippen molar-refractivity contribution in [1.82, 2.24) is 5.43 Å². The molecule has 0 heterocycles. The first-order chi connectivity index (χ1) is 12.6. The monoisotopic (exact) mass is 346 g/mol. The number of carbonyl (C=O) groups excluding carboxylic acids is 1. The highest BCUT2D eigenvalue weighted by molar-refractivity contribution is 5.99. The van der Waals surface area contributed by atoms with Gasteiger partial charge in [-0.25, -0.2) is 9.82 Å². The number of amides is 1. The Bertz CT molecular complexity index is 851. The highest BCUT2D eigenvalue weighted by atomic mass is 19.1. The smallest absolute Gasteiger partial charge is 0.252 e. The van der Waals surface area contributed by atoms with Crippen LogP contribution in [0.3, 0.4) is 0 Å². The lowest BCUT2D eigenvalue weighted by Crippen LogP contribution is -2.27. The van der Waals surface area contributed by atoms with Crippen LogP contribution < -0.4 is 5.43 Å². The van der Waals surface area contributed by atoms with Crippen LogP contribution in [0.2, 0.25) is 0 Å². The second-order valence-electron chi connectivity index (χ2n) is 5.93. The lowest BCUT2D eigenvalue weighted by molar-refractivity contribution is -0.121. The summed E-state index contributed by atoms with van der Waals surface area (Å²) < 4.78 is 13.0. The minimum absolute atomic E-state index is 0.219. The molecule has 0 aliphatic rings. The summed E-state index contributed by atoms with van der Waals surface area (Å²) in [5.74, 6) is -0.982. The lowest BCUT2D eigenvalue weighted by atomic mass is 9.91. The summed E-state index contributed by atoms with van der Waals surface area (Å²) in [6.45, 7) is 1.77. The van der Waals surface area contributed by atoms with E-state index in [9.17, 15) is 9.18 Å². The number of hydrazone groups is 1. The van der Waals surface area contributed by atoms with Crippen molar-refractivity contribution in [3.8, 4) is 0 Å². The second kappa shape index (κ2) is 8.21. The first-order valence-corrected chi connectivity index (χ1v) is 8.35. The van der Waals surface area contributed by atoms with E-state index in [1.54, 1.807) is 19.1 Å². The molecule has 0 saturated carbocycles. The Morgan fingerprint density at radius 2 is 1.35 bits per heavy atom. The van der Waals surface area contributed by atoms with Crippen molar-refractivity contribution < 1.29 is 9.18 Å². The van der Waals surface area contributed by atoms with Crippen molar-refractivity contribution in [2.24, 2.45) is 5.10 Å². The normalized spacial score (nSPS) is 11.4. The van der Waals surface area contributed by atoms with E-state index in [-0.39, 0.29) is 11.7 Å². The first-order valence-electron chi connectivity index (χ1n) is 8.35. The van der Waals surface area contributed by atoms with Crippen LogP contribution in [0.5, 0.6) is 0 Å². The lowest BCUT2D eigenvalue weighted by Gasteiger charge is -2.16. The van der Waals surface area contributed by atoms with Gasteiger partial charge in [0, 0.05) is 0 Å². The molecular weight excluding hydrogens is 327 g/mol. The number of halogens is 1. The number of nitrogens with one attached hydrogen (secondary N) is 1. The summed E-state index contributed by atoms with van der Waals surface area (Å²) in [4.78, 5) is 12.9. The molecule has 3 rings (SSSR count). The molecule has 0 saturated heterocycles. The summed E-state index contributed by atoms with van der Waals surface area (Å²) >= 11 is 0. The van der Waals surface area contributed by atoms with E-state index in [0.29, 0.717) is 5.71 Å². The van der Waals surface area contributed by atoms with Crippen molar-refractivity contribution in [3.05, 3.63) is 107 Å². The van der Waals surface area contributed by atoms with Gasteiger partial charge in [0.25, 0.3) is 5.91 Å². The Hall–Kier alpha value is -3.27. The van der Waals surface area contributed by atoms with Crippen LogP contribution in [0.15, 0.2) is 90.0 Å². The van der Waals surface area contributed by atoms with Crippen molar-refractivity contribution in [1.29, 1.82) is 0 Å². The predicted octanol–water partition coefficient (Wildman–Crippen LogP) is 4.50. The molecule has 0 fully saturated rings. The molecule has 0 spiro atoms. The average molecular weight is 346 g/mol. The third kappa shape index (κ3) is 4.22. The van der Waals surface area contributed by atoms with Gasteiger partial charge in [0.2, 0.25) is 0 Å². The first kappa shape index (κ1) is 17.5. The van der Waals surface area contributed by atoms with Gasteiger partial charge in [-0.2, -0.15) is 5.10 Å². The van der Waals surface area contributed by atoms with Crippen molar-refractivity contribution >= 4 is 11.6 Å². The molecule has 0 aromatic heterocycles. The fourth-order valence-corrected chi connectivity index (χ4v) is 2.75. The third-order valence-electron chi connectivity index (χ3n) is 4.12. The maximum Gasteiger partial charge on any atom is 0.252 e. The predicted molar refractivity (Wildman–Crippen MR) is 101 cm³/mol. The summed E-state index contributed by atoms with van der Waals surface area (Å²) in [7, 11) is 0. The van der Waals surface area contributed by atoms with E-state index in [1.807, 2.05) is 60.7 Å². The molecule has 26 heavy (non-hydrogen) atoms. The summed E-state index contributed by atoms with van der Waals surface area (Å²) in [5.41, 5.74) is 5.80. The molecule has 0 atom stereocenters. The highest BCUT2D eigenvalue weighted by Gasteiger charge is 2.22. The zero-order chi connectivity index (χ0) is 18.4. The van der Waals surface area contributed by atoms with Crippen molar-refractivity contribution in [3.63, 3.8) is 0 Å². The van der Waals surface area contributed by atoms with Gasteiger partial charge < -0.3 is 0 Å². The Morgan fingerprint density at radius 3 is 1.85 bits per heavy atom. The fraction of sp³-hybridized carbons (Fsp3) is 0.0909. The molecule has 4 heteroatoms. The van der Waals surface area contributed by atoms with Gasteiger partial charge in [-0.15, -0.1) is 0 Å². The average Bonchev–Trinajstić information content (AvgIpc) is 2.68. The van der Waals surface area contributed by atoms with Gasteiger partial charge in [-0.3, -0.25) is 4.79 Å². The van der Waals surface area contributed by atoms with Gasteiger partial charge in [-0.1, -0.05) is 72.8 Å². The van der Waals surface area contributed by atoms with Crippen LogP contribution in [0.4, 0.5) is 4.39 Å². The van der Waals surface area contributed by atoms with Crippen LogP contribution in [0.1, 0.15) is 29.5 Å². The molecule has 0 aliphatic carbocycles. The zero-order valence-corrected chi connectivity index (χ0v) is 14.4. The highest BCUT2D eigenvalue weighted by Crippen LogP contribution is 2.24. The standard InChI is InChI=1S/C22H19FN2O/c1-16(17-12-14-20(23)15-13-17)24-25-22(26)21(18-8-4-2-5-9-18)19-10-6-3-7-11-19/h2-15,21H,1H3,(H,25,26)/b24-16+. The molecule has 0 radical (unpaired) electrons. The number of rotatable bonds is 5. The Kier molecular flexibility index (Phi) is 5.54. The van der Waals surface area contributed by atoms with Crippen LogP contribution in [0, 0.1) is 5.82 Å². The molecule has 3 aromatic carbocycles. The number of hydrogen-bond acceptors (Lipinski definition) is 2. The van der Waals surface area contributed by atoms with Crippen LogP contribution in [0.25, 0.3) is 0 Å². The molecule has 3 aromatic rings. The maximum absolute atomic E-state index is 13.0. The quantitative estimate of drug-likeness (QED) is 0.536. The SMILES string of the molecule is C/C(=N\NC(=O)C(c1ccccc1)c1ccccc1)c1ccc(F)cc1. The molecular formula is C22H19FN2O. The summed E-state index contributed by atoms with van der Waals surface area (Å²) in [6, 6.07) is 25.2. The van der Waals surface area contributed by atoms with E-state index in [4.69, 9.17) is 0 Å². The molecule has 1 N–H and O–H groups in total. The minimum atomic E-state index is -0.456. The topological polar surface area (TPSA) is 41.5 Å². The maximum atomic E-state index is 13.0. The Labute approximate surface area is 152 Å². The molecule has 3 nitrogen and oxygen atoms in total. The summed E-state index contributed by atoms with van der Waals surface area (Å²) in [5, 5.41) is 4.19. The zero-order valence-electron chi connectivity index (χ0n) is 14.4. The number of carbonyl (C=O) groups is 1. The number of nitrogens with zero attached hydrogens (tertiary/aromatic N) is 1. The number of benzene rings is 3. The molecule has 0 aliphatic heterocycles. The van der Waals surface area contributed by atoms with Gasteiger partial charge in [0.05, 0.1) is 11.6 Å². The molecule has 0 unspecified atom stereocenters. The number of hydrogen-bond donors (Lipinski definition) is 1. The van der Waals surface area contributed by atoms with Crippen molar-refractivity contribution in [2.75, 3.05) is 0 Å². The van der Waals surface area contributed by atoms with E-state index < -0.39 is 5.92 Å². The fourth-order valence-electron chi connectivity index (χ4n) is 2.75. The van der Waals surface area contributed by atoms with Gasteiger partial charge in [-0.05, 0) is 35.7 Å². The summed E-state index contributed by atoms with van der Waals surface area (Å²) in [6.07, 6.45) is 0. The molecule has 1 amide bonds. The van der Waals surface area contributed by atoms with E-state index >= 15 is 0 Å². The van der Waals surface area contributed by atoms with Crippen LogP contribution >= 0.6 is 0 Å². The van der Waals surface area contributed by atoms with Crippen LogP contribution in [-0.2, 0) is 4.79 Å². The van der Waals surface area contributed by atoms with Gasteiger partial charge in [0.15, 0.2) is 0 Å². The van der Waals surface area contributed by atoms with Crippen LogP contribution in [-0.4, -0.2) is 11.6 Å². The van der Waals surface area contributed by atoms with E-state index in [1.165, 1.54) is 12.1 Å². The van der Waals surface area contributed by atoms with Crippen molar-refractivity contribution in [2.45, 2.75) is 12.8 Å². The van der Waals surface area contributed by atoms with E-state index in [0.717, 1.165) is 16.7 Å². The largest absolute Gasteiger partial charge is 0.272 e. The third-order valence-corrected chi connectivity index (χ3v) is 4.12. The minimum Gasteiger partial charge on any atom is -0.272 e. The van der Waals surface area contributed by atoms with Gasteiger partial charge >= 0.3 is 0 Å². The second-order valence-corrected chi connectivity index (χ2v) is 5.93. The Balaban J connectivity index is 1.84. The molecule has 130 valence electrons.